The monoisotopic (exact) mass is 170 g/mol. The molecule has 5 heteroatoms. The van der Waals surface area contributed by atoms with Crippen molar-refractivity contribution in [3.8, 4) is 11.9 Å². The van der Waals surface area contributed by atoms with E-state index < -0.39 is 6.10 Å². The number of nitriles is 1. The zero-order chi connectivity index (χ0) is 8.27. The molecule has 11 heavy (non-hydrogen) atoms. The van der Waals surface area contributed by atoms with Gasteiger partial charge in [-0.2, -0.15) is 9.64 Å². The predicted octanol–water partition coefficient (Wildman–Crippen LogP) is 0.709. The number of aromatic nitrogens is 1. The van der Waals surface area contributed by atoms with Crippen LogP contribution in [-0.4, -0.2) is 16.6 Å². The lowest BCUT2D eigenvalue weighted by Gasteiger charge is -1.91. The average molecular weight is 170 g/mol. The molecule has 0 fully saturated rings. The maximum absolute atomic E-state index is 8.99. The second-order valence-corrected chi connectivity index (χ2v) is 2.64. The summed E-state index contributed by atoms with van der Waals surface area (Å²) in [6.07, 6.45) is -1.09. The fourth-order valence-corrected chi connectivity index (χ4v) is 1.19. The summed E-state index contributed by atoms with van der Waals surface area (Å²) >= 11 is 1.06. The van der Waals surface area contributed by atoms with Gasteiger partial charge in [0, 0.05) is 6.07 Å². The first-order valence-corrected chi connectivity index (χ1v) is 3.63. The molecule has 0 aliphatic carbocycles. The SMILES string of the molecule is COc1cc(C(O)C#N)sn1. The van der Waals surface area contributed by atoms with E-state index in [0.717, 1.165) is 11.5 Å². The van der Waals surface area contributed by atoms with Crippen molar-refractivity contribution in [3.63, 3.8) is 0 Å². The summed E-state index contributed by atoms with van der Waals surface area (Å²) in [4.78, 5) is 0.504. The summed E-state index contributed by atoms with van der Waals surface area (Å²) in [7, 11) is 1.48. The maximum atomic E-state index is 8.99. The summed E-state index contributed by atoms with van der Waals surface area (Å²) in [5, 5.41) is 17.3. The second kappa shape index (κ2) is 3.32. The van der Waals surface area contributed by atoms with Gasteiger partial charge >= 0.3 is 0 Å². The smallest absolute Gasteiger partial charge is 0.225 e. The van der Waals surface area contributed by atoms with Gasteiger partial charge in [-0.25, -0.2) is 0 Å². The second-order valence-electron chi connectivity index (χ2n) is 1.80. The van der Waals surface area contributed by atoms with Crippen molar-refractivity contribution < 1.29 is 9.84 Å². The van der Waals surface area contributed by atoms with Crippen LogP contribution >= 0.6 is 11.5 Å². The van der Waals surface area contributed by atoms with Gasteiger partial charge in [0.25, 0.3) is 0 Å². The van der Waals surface area contributed by atoms with E-state index in [4.69, 9.17) is 15.1 Å². The fourth-order valence-electron chi connectivity index (χ4n) is 0.561. The van der Waals surface area contributed by atoms with E-state index in [1.165, 1.54) is 7.11 Å². The van der Waals surface area contributed by atoms with E-state index in [1.54, 1.807) is 12.1 Å². The van der Waals surface area contributed by atoms with Crippen LogP contribution in [-0.2, 0) is 0 Å². The molecule has 58 valence electrons. The lowest BCUT2D eigenvalue weighted by atomic mass is 10.3. The highest BCUT2D eigenvalue weighted by Crippen LogP contribution is 2.22. The Kier molecular flexibility index (Phi) is 2.41. The van der Waals surface area contributed by atoms with Crippen LogP contribution in [0.1, 0.15) is 11.0 Å². The van der Waals surface area contributed by atoms with Gasteiger partial charge < -0.3 is 9.84 Å². The highest BCUT2D eigenvalue weighted by molar-refractivity contribution is 7.06. The number of methoxy groups -OCH3 is 1. The highest BCUT2D eigenvalue weighted by Gasteiger charge is 2.09. The molecule has 1 atom stereocenters. The van der Waals surface area contributed by atoms with Gasteiger partial charge in [0.05, 0.1) is 18.1 Å². The summed E-state index contributed by atoms with van der Waals surface area (Å²) in [5.74, 6) is 0.430. The molecule has 1 aromatic heterocycles. The molecular weight excluding hydrogens is 164 g/mol. The van der Waals surface area contributed by atoms with Crippen molar-refractivity contribution in [2.24, 2.45) is 0 Å². The van der Waals surface area contributed by atoms with Crippen molar-refractivity contribution in [2.75, 3.05) is 7.11 Å². The molecule has 0 radical (unpaired) electrons. The van der Waals surface area contributed by atoms with Crippen molar-refractivity contribution in [3.05, 3.63) is 10.9 Å². The zero-order valence-corrected chi connectivity index (χ0v) is 6.63. The van der Waals surface area contributed by atoms with Crippen LogP contribution in [0.4, 0.5) is 0 Å². The Morgan fingerprint density at radius 2 is 2.64 bits per heavy atom. The Morgan fingerprint density at radius 3 is 3.09 bits per heavy atom. The molecule has 0 saturated carbocycles. The van der Waals surface area contributed by atoms with Gasteiger partial charge in [0.1, 0.15) is 0 Å². The van der Waals surface area contributed by atoms with Crippen LogP contribution in [0.15, 0.2) is 6.07 Å². The number of hydrogen-bond donors (Lipinski definition) is 1. The Labute approximate surface area is 67.8 Å². The van der Waals surface area contributed by atoms with Gasteiger partial charge in [-0.15, -0.1) is 0 Å². The van der Waals surface area contributed by atoms with Crippen molar-refractivity contribution >= 4 is 11.5 Å². The van der Waals surface area contributed by atoms with Crippen molar-refractivity contribution in [1.29, 1.82) is 5.26 Å². The minimum Gasteiger partial charge on any atom is -0.480 e. The summed E-state index contributed by atoms with van der Waals surface area (Å²) in [5.41, 5.74) is 0. The van der Waals surface area contributed by atoms with Crippen molar-refractivity contribution in [1.82, 2.24) is 4.37 Å². The van der Waals surface area contributed by atoms with Gasteiger partial charge in [-0.1, -0.05) is 0 Å². The van der Waals surface area contributed by atoms with Gasteiger partial charge in [0.2, 0.25) is 5.88 Å². The summed E-state index contributed by atoms with van der Waals surface area (Å²) < 4.78 is 8.58. The first-order chi connectivity index (χ1) is 5.27. The highest BCUT2D eigenvalue weighted by atomic mass is 32.1. The molecule has 0 amide bonds. The van der Waals surface area contributed by atoms with E-state index in [2.05, 4.69) is 4.37 Å². The fraction of sp³-hybridized carbons (Fsp3) is 0.333. The van der Waals surface area contributed by atoms with Crippen LogP contribution in [0.2, 0.25) is 0 Å². The maximum Gasteiger partial charge on any atom is 0.225 e. The quantitative estimate of drug-likeness (QED) is 0.664. The molecule has 0 bridgehead atoms. The molecule has 0 saturated heterocycles. The molecule has 0 aliphatic rings. The van der Waals surface area contributed by atoms with Crippen molar-refractivity contribution in [2.45, 2.75) is 6.10 Å². The number of aliphatic hydroxyl groups excluding tert-OH is 1. The van der Waals surface area contributed by atoms with E-state index in [1.807, 2.05) is 0 Å². The van der Waals surface area contributed by atoms with E-state index in [-0.39, 0.29) is 0 Å². The average Bonchev–Trinajstić information content (AvgIpc) is 2.50. The number of ether oxygens (including phenoxy) is 1. The number of rotatable bonds is 2. The van der Waals surface area contributed by atoms with E-state index in [0.29, 0.717) is 10.8 Å². The van der Waals surface area contributed by atoms with E-state index >= 15 is 0 Å². The molecule has 1 unspecified atom stereocenters. The topological polar surface area (TPSA) is 66.1 Å². The number of aliphatic hydroxyl groups is 1. The standard InChI is InChI=1S/C6H6N2O2S/c1-10-6-2-5(11-8-6)4(9)3-7/h2,4,9H,1H3. The third kappa shape index (κ3) is 1.67. The molecular formula is C6H6N2O2S. The summed E-state index contributed by atoms with van der Waals surface area (Å²) in [6, 6.07) is 3.23. The molecule has 0 aromatic carbocycles. The lowest BCUT2D eigenvalue weighted by Crippen LogP contribution is -1.87. The third-order valence-corrected chi connectivity index (χ3v) is 1.93. The first-order valence-electron chi connectivity index (χ1n) is 2.86. The Hall–Kier alpha value is -1.12. The number of nitrogens with zero attached hydrogens (tertiary/aromatic N) is 2. The molecule has 1 aromatic rings. The van der Waals surface area contributed by atoms with Crippen LogP contribution < -0.4 is 4.74 Å². The minimum absolute atomic E-state index is 0.430. The van der Waals surface area contributed by atoms with E-state index in [9.17, 15) is 0 Å². The van der Waals surface area contributed by atoms with Gasteiger partial charge in [0.15, 0.2) is 6.10 Å². The normalized spacial score (nSPS) is 12.1. The molecule has 0 aliphatic heterocycles. The number of hydrogen-bond acceptors (Lipinski definition) is 5. The molecule has 4 nitrogen and oxygen atoms in total. The predicted molar refractivity (Wildman–Crippen MR) is 39.2 cm³/mol. The van der Waals surface area contributed by atoms with Gasteiger partial charge in [-0.3, -0.25) is 0 Å². The summed E-state index contributed by atoms with van der Waals surface area (Å²) in [6.45, 7) is 0. The van der Waals surface area contributed by atoms with Crippen LogP contribution in [0.5, 0.6) is 5.88 Å². The Balaban J connectivity index is 2.82. The van der Waals surface area contributed by atoms with Crippen LogP contribution in [0.25, 0.3) is 0 Å². The molecule has 1 rings (SSSR count). The Bertz CT molecular complexity index is 278. The molecule has 0 spiro atoms. The zero-order valence-electron chi connectivity index (χ0n) is 5.81. The largest absolute Gasteiger partial charge is 0.480 e. The van der Waals surface area contributed by atoms with Crippen LogP contribution in [0.3, 0.4) is 0 Å². The Morgan fingerprint density at radius 1 is 1.91 bits per heavy atom. The first kappa shape index (κ1) is 7.98. The third-order valence-electron chi connectivity index (χ3n) is 1.11. The minimum atomic E-state index is -1.09. The van der Waals surface area contributed by atoms with Crippen LogP contribution in [0, 0.1) is 11.3 Å². The lowest BCUT2D eigenvalue weighted by molar-refractivity contribution is 0.239. The molecule has 1 N–H and O–H groups in total. The van der Waals surface area contributed by atoms with Gasteiger partial charge in [-0.05, 0) is 11.5 Å². The molecule has 1 heterocycles.